The maximum atomic E-state index is 2.50. The number of hydrogen-bond acceptors (Lipinski definition) is 6. The molecular formula is C28H52S6. The van der Waals surface area contributed by atoms with Crippen molar-refractivity contribution in [3.8, 4) is 0 Å². The van der Waals surface area contributed by atoms with Gasteiger partial charge in [0.2, 0.25) is 0 Å². The lowest BCUT2D eigenvalue weighted by atomic mass is 10.0. The average Bonchev–Trinajstić information content (AvgIpc) is 2.81. The molecule has 4 bridgehead atoms. The van der Waals surface area contributed by atoms with Crippen LogP contribution in [-0.2, 0) is 0 Å². The Bertz CT molecular complexity index is 495. The first-order valence-corrected chi connectivity index (χ1v) is 19.4. The van der Waals surface area contributed by atoms with Gasteiger partial charge in [-0.2, -0.15) is 0 Å². The Balaban J connectivity index is 2.24. The fourth-order valence-electron chi connectivity index (χ4n) is 6.36. The van der Waals surface area contributed by atoms with Crippen molar-refractivity contribution in [1.82, 2.24) is 0 Å². The van der Waals surface area contributed by atoms with Gasteiger partial charge in [0.25, 0.3) is 0 Å². The maximum Gasteiger partial charge on any atom is 0.116 e. The third kappa shape index (κ3) is 5.54. The minimum atomic E-state index is 0.329. The molecule has 4 heterocycles. The molecule has 0 N–H and O–H groups in total. The van der Waals surface area contributed by atoms with Gasteiger partial charge in [0.05, 0.1) is 0 Å². The predicted molar refractivity (Wildman–Crippen MR) is 171 cm³/mol. The lowest BCUT2D eigenvalue weighted by Crippen LogP contribution is -2.61. The Hall–Kier alpha value is 2.10. The van der Waals surface area contributed by atoms with Gasteiger partial charge in [0, 0.05) is 0 Å². The van der Waals surface area contributed by atoms with E-state index in [9.17, 15) is 0 Å². The van der Waals surface area contributed by atoms with Gasteiger partial charge in [-0.1, -0.05) is 107 Å². The fourth-order valence-corrected chi connectivity index (χ4v) is 29.4. The summed E-state index contributed by atoms with van der Waals surface area (Å²) in [4.78, 5) is 0. The van der Waals surface area contributed by atoms with Crippen molar-refractivity contribution in [1.29, 1.82) is 0 Å². The fraction of sp³-hybridized carbons (Fsp3) is 1.00. The van der Waals surface area contributed by atoms with Gasteiger partial charge in [0.15, 0.2) is 0 Å². The van der Waals surface area contributed by atoms with Crippen molar-refractivity contribution in [2.75, 3.05) is 0 Å². The van der Waals surface area contributed by atoms with Crippen molar-refractivity contribution in [2.45, 2.75) is 146 Å². The molecule has 0 nitrogen and oxygen atoms in total. The molecule has 4 atom stereocenters. The van der Waals surface area contributed by atoms with Crippen molar-refractivity contribution >= 4 is 70.6 Å². The summed E-state index contributed by atoms with van der Waals surface area (Å²) in [7, 11) is 0. The van der Waals surface area contributed by atoms with Crippen LogP contribution in [0.1, 0.15) is 132 Å². The highest BCUT2D eigenvalue weighted by Crippen LogP contribution is 2.93. The summed E-state index contributed by atoms with van der Waals surface area (Å²) in [5.41, 5.74) is 0. The largest absolute Gasteiger partial charge is 0.116 e. The van der Waals surface area contributed by atoms with Crippen molar-refractivity contribution in [3.63, 3.8) is 0 Å². The summed E-state index contributed by atoms with van der Waals surface area (Å²) in [6, 6.07) is 0. The molecule has 4 fully saturated rings. The molecule has 4 aliphatic rings. The van der Waals surface area contributed by atoms with Gasteiger partial charge < -0.3 is 0 Å². The van der Waals surface area contributed by atoms with Gasteiger partial charge in [-0.3, -0.25) is 0 Å². The molecule has 4 unspecified atom stereocenters. The number of hydrogen-bond donors (Lipinski definition) is 0. The van der Waals surface area contributed by atoms with E-state index in [0.29, 0.717) is 13.6 Å². The van der Waals surface area contributed by atoms with Gasteiger partial charge in [-0.25, -0.2) is 0 Å². The molecule has 0 spiro atoms. The smallest absolute Gasteiger partial charge is 0.104 e. The number of thioether (sulfide) groups is 6. The molecule has 0 saturated carbocycles. The van der Waals surface area contributed by atoms with Gasteiger partial charge >= 0.3 is 0 Å². The van der Waals surface area contributed by atoms with Crippen molar-refractivity contribution in [3.05, 3.63) is 0 Å². The van der Waals surface area contributed by atoms with Crippen LogP contribution in [0.5, 0.6) is 0 Å². The topological polar surface area (TPSA) is 0 Å². The maximum absolute atomic E-state index is 2.50. The molecular weight excluding hydrogens is 529 g/mol. The first-order chi connectivity index (χ1) is 16.3. The Morgan fingerprint density at radius 3 is 0.647 bits per heavy atom. The third-order valence-electron chi connectivity index (χ3n) is 8.23. The van der Waals surface area contributed by atoms with Gasteiger partial charge in [-0.15, -0.1) is 70.6 Å². The zero-order chi connectivity index (χ0) is 25.0. The standard InChI is InChI=1S/C28H52S6/c1-9-17-21(13-5)25-29-26(22(14-6)18-10-2)32-27(30-25,23(15-7)19-11-3)34-28(31-25,33-26)24(16-8)20-12-4/h21-24H,9-20H2,1-8H3. The zero-order valence-electron chi connectivity index (χ0n) is 23.2. The van der Waals surface area contributed by atoms with Crippen molar-refractivity contribution < 1.29 is 0 Å². The van der Waals surface area contributed by atoms with E-state index in [0.717, 1.165) is 23.7 Å². The quantitative estimate of drug-likeness (QED) is 0.177. The highest BCUT2D eigenvalue weighted by atomic mass is 32.4. The minimum absolute atomic E-state index is 0.329. The summed E-state index contributed by atoms with van der Waals surface area (Å²) in [6.07, 6.45) is 16.2. The summed E-state index contributed by atoms with van der Waals surface area (Å²) in [5, 5.41) is 0. The SMILES string of the molecule is CCCC(CC)C12SC3(C(CC)CCC)SC(C(CC)CCC)(S1)SC(C(CC)CCC)(S2)S3. The first kappa shape index (κ1) is 30.6. The highest BCUT2D eigenvalue weighted by Gasteiger charge is 2.76. The molecule has 6 heteroatoms. The monoisotopic (exact) mass is 580 g/mol. The van der Waals surface area contributed by atoms with Crippen molar-refractivity contribution in [2.24, 2.45) is 23.7 Å². The minimum Gasteiger partial charge on any atom is -0.104 e. The molecule has 0 aromatic rings. The highest BCUT2D eigenvalue weighted by molar-refractivity contribution is 8.64. The predicted octanol–water partition coefficient (Wildman–Crippen LogP) is 12.3. The molecule has 200 valence electrons. The zero-order valence-corrected chi connectivity index (χ0v) is 28.1. The Labute approximate surface area is 238 Å². The lowest BCUT2D eigenvalue weighted by molar-refractivity contribution is 0.431. The summed E-state index contributed by atoms with van der Waals surface area (Å²) in [5.74, 6) is 3.26. The average molecular weight is 581 g/mol. The second kappa shape index (κ2) is 13.0. The summed E-state index contributed by atoms with van der Waals surface area (Å²) in [6.45, 7) is 19.7. The van der Waals surface area contributed by atoms with Gasteiger partial charge in [-0.05, 0) is 49.4 Å². The molecule has 4 aliphatic heterocycles. The van der Waals surface area contributed by atoms with Crippen LogP contribution in [0.25, 0.3) is 0 Å². The second-order valence-corrected chi connectivity index (χ2v) is 22.7. The molecule has 4 rings (SSSR count). The Morgan fingerprint density at radius 2 is 0.529 bits per heavy atom. The van der Waals surface area contributed by atoms with E-state index < -0.39 is 0 Å². The Morgan fingerprint density at radius 1 is 0.353 bits per heavy atom. The van der Waals surface area contributed by atoms with Crippen LogP contribution < -0.4 is 0 Å². The van der Waals surface area contributed by atoms with Crippen LogP contribution in [0.15, 0.2) is 0 Å². The van der Waals surface area contributed by atoms with Crippen LogP contribution in [-0.4, -0.2) is 13.6 Å². The molecule has 0 aromatic heterocycles. The number of rotatable bonds is 16. The van der Waals surface area contributed by atoms with E-state index in [2.05, 4.69) is 126 Å². The van der Waals surface area contributed by atoms with Crippen LogP contribution in [0.4, 0.5) is 0 Å². The molecule has 0 radical (unpaired) electrons. The summed E-state index contributed by atoms with van der Waals surface area (Å²) < 4.78 is 1.32. The van der Waals surface area contributed by atoms with Crippen LogP contribution in [0.3, 0.4) is 0 Å². The van der Waals surface area contributed by atoms with Crippen LogP contribution in [0, 0.1) is 23.7 Å². The van der Waals surface area contributed by atoms with E-state index in [1.807, 2.05) is 0 Å². The van der Waals surface area contributed by atoms with E-state index in [4.69, 9.17) is 0 Å². The van der Waals surface area contributed by atoms with Crippen LogP contribution in [0.2, 0.25) is 0 Å². The second-order valence-electron chi connectivity index (χ2n) is 10.6. The third-order valence-corrected chi connectivity index (χ3v) is 21.6. The van der Waals surface area contributed by atoms with E-state index >= 15 is 0 Å². The lowest BCUT2D eigenvalue weighted by Gasteiger charge is -2.72. The van der Waals surface area contributed by atoms with E-state index in [1.165, 1.54) is 77.0 Å². The normalized spacial score (nSPS) is 38.1. The Kier molecular flexibility index (Phi) is 11.7. The molecule has 34 heavy (non-hydrogen) atoms. The molecule has 0 aromatic carbocycles. The van der Waals surface area contributed by atoms with Gasteiger partial charge in [0.1, 0.15) is 13.6 Å². The van der Waals surface area contributed by atoms with E-state index in [1.54, 1.807) is 0 Å². The van der Waals surface area contributed by atoms with Crippen LogP contribution >= 0.6 is 70.6 Å². The molecule has 4 saturated heterocycles. The first-order valence-electron chi connectivity index (χ1n) is 14.5. The summed E-state index contributed by atoms with van der Waals surface area (Å²) >= 11 is 14.9. The molecule has 0 aliphatic carbocycles. The molecule has 0 amide bonds. The van der Waals surface area contributed by atoms with E-state index in [-0.39, 0.29) is 0 Å².